The molecular weight excluding hydrogens is 227 g/mol. The zero-order valence-electron chi connectivity index (χ0n) is 12.0. The van der Waals surface area contributed by atoms with Gasteiger partial charge >= 0.3 is 7.12 Å². The third kappa shape index (κ3) is 2.13. The van der Waals surface area contributed by atoms with Gasteiger partial charge in [0.25, 0.3) is 0 Å². The average Bonchev–Trinajstić information content (AvgIpc) is 2.48. The van der Waals surface area contributed by atoms with Gasteiger partial charge in [0.15, 0.2) is 0 Å². The summed E-state index contributed by atoms with van der Waals surface area (Å²) in [7, 11) is 3.65. The standard InChI is InChI=1S/C13H21BN2O2/c1-12(2)13(3,4)18-14(17-12)10-7-8-15-9-11(10)16(5)6/h7-9H,1-6H3. The van der Waals surface area contributed by atoms with Crippen molar-refractivity contribution in [1.82, 2.24) is 4.98 Å². The molecule has 1 aliphatic heterocycles. The molecule has 0 bridgehead atoms. The van der Waals surface area contributed by atoms with Crippen LogP contribution < -0.4 is 10.4 Å². The van der Waals surface area contributed by atoms with E-state index in [9.17, 15) is 0 Å². The SMILES string of the molecule is CN(C)c1cnccc1B1OC(C)(C)C(C)(C)O1. The molecule has 18 heavy (non-hydrogen) atoms. The van der Waals surface area contributed by atoms with Gasteiger partial charge in [0.1, 0.15) is 0 Å². The van der Waals surface area contributed by atoms with Crippen LogP contribution in [0.15, 0.2) is 18.5 Å². The van der Waals surface area contributed by atoms with Crippen molar-refractivity contribution in [3.8, 4) is 0 Å². The first-order chi connectivity index (χ1) is 8.24. The minimum Gasteiger partial charge on any atom is -0.399 e. The lowest BCUT2D eigenvalue weighted by Crippen LogP contribution is -2.41. The van der Waals surface area contributed by atoms with E-state index >= 15 is 0 Å². The van der Waals surface area contributed by atoms with E-state index in [4.69, 9.17) is 9.31 Å². The minimum atomic E-state index is -0.338. The molecular formula is C13H21BN2O2. The van der Waals surface area contributed by atoms with Crippen molar-refractivity contribution in [3.63, 3.8) is 0 Å². The predicted molar refractivity (Wildman–Crippen MR) is 74.3 cm³/mol. The Kier molecular flexibility index (Phi) is 3.15. The highest BCUT2D eigenvalue weighted by molar-refractivity contribution is 6.63. The molecule has 0 aliphatic carbocycles. The summed E-state index contributed by atoms with van der Waals surface area (Å²) in [6.07, 6.45) is 3.60. The molecule has 0 spiro atoms. The van der Waals surface area contributed by atoms with E-state index in [2.05, 4.69) is 32.7 Å². The maximum Gasteiger partial charge on any atom is 0.497 e. The Morgan fingerprint density at radius 1 is 1.11 bits per heavy atom. The molecule has 0 aromatic carbocycles. The lowest BCUT2D eigenvalue weighted by molar-refractivity contribution is 0.00578. The van der Waals surface area contributed by atoms with E-state index in [0.717, 1.165) is 11.2 Å². The van der Waals surface area contributed by atoms with Gasteiger partial charge in [0.05, 0.1) is 16.9 Å². The molecule has 1 aromatic rings. The van der Waals surface area contributed by atoms with Crippen LogP contribution in [0.4, 0.5) is 5.69 Å². The fourth-order valence-electron chi connectivity index (χ4n) is 1.94. The first-order valence-corrected chi connectivity index (χ1v) is 6.21. The van der Waals surface area contributed by atoms with E-state index < -0.39 is 0 Å². The van der Waals surface area contributed by atoms with Gasteiger partial charge < -0.3 is 14.2 Å². The summed E-state index contributed by atoms with van der Waals surface area (Å²) < 4.78 is 12.1. The number of anilines is 1. The predicted octanol–water partition coefficient (Wildman–Crippen LogP) is 1.45. The molecule has 1 aliphatic rings. The highest BCUT2D eigenvalue weighted by Crippen LogP contribution is 2.36. The Balaban J connectivity index is 2.35. The molecule has 0 saturated carbocycles. The Hall–Kier alpha value is -1.07. The fourth-order valence-corrected chi connectivity index (χ4v) is 1.94. The van der Waals surface area contributed by atoms with Crippen LogP contribution >= 0.6 is 0 Å². The van der Waals surface area contributed by atoms with Crippen LogP contribution in [0.25, 0.3) is 0 Å². The van der Waals surface area contributed by atoms with E-state index in [1.165, 1.54) is 0 Å². The summed E-state index contributed by atoms with van der Waals surface area (Å²) in [6, 6.07) is 1.96. The second kappa shape index (κ2) is 4.25. The molecule has 98 valence electrons. The molecule has 0 unspecified atom stereocenters. The average molecular weight is 248 g/mol. The molecule has 2 rings (SSSR count). The first-order valence-electron chi connectivity index (χ1n) is 6.21. The number of aromatic nitrogens is 1. The smallest absolute Gasteiger partial charge is 0.399 e. The summed E-state index contributed by atoms with van der Waals surface area (Å²) in [6.45, 7) is 8.24. The Labute approximate surface area is 109 Å². The number of nitrogens with zero attached hydrogens (tertiary/aromatic N) is 2. The number of rotatable bonds is 2. The molecule has 1 aromatic heterocycles. The van der Waals surface area contributed by atoms with Crippen molar-refractivity contribution in [2.75, 3.05) is 19.0 Å². The summed E-state index contributed by atoms with van der Waals surface area (Å²) in [4.78, 5) is 6.18. The molecule has 4 nitrogen and oxygen atoms in total. The molecule has 1 saturated heterocycles. The van der Waals surface area contributed by atoms with Gasteiger partial charge in [-0.2, -0.15) is 0 Å². The van der Waals surface area contributed by atoms with Gasteiger partial charge in [-0.05, 0) is 33.8 Å². The Morgan fingerprint density at radius 2 is 1.67 bits per heavy atom. The van der Waals surface area contributed by atoms with Crippen molar-refractivity contribution < 1.29 is 9.31 Å². The molecule has 0 atom stereocenters. The van der Waals surface area contributed by atoms with E-state index in [1.807, 2.05) is 31.3 Å². The van der Waals surface area contributed by atoms with Crippen LogP contribution in [-0.4, -0.2) is 37.4 Å². The Morgan fingerprint density at radius 3 is 2.17 bits per heavy atom. The molecule has 5 heteroatoms. The van der Waals surface area contributed by atoms with Crippen molar-refractivity contribution in [2.45, 2.75) is 38.9 Å². The van der Waals surface area contributed by atoms with Crippen LogP contribution in [0.3, 0.4) is 0 Å². The van der Waals surface area contributed by atoms with Crippen LogP contribution in [0.5, 0.6) is 0 Å². The van der Waals surface area contributed by atoms with Gasteiger partial charge in [-0.1, -0.05) is 0 Å². The maximum atomic E-state index is 6.06. The van der Waals surface area contributed by atoms with Crippen molar-refractivity contribution >= 4 is 18.3 Å². The number of hydrogen-bond donors (Lipinski definition) is 0. The van der Waals surface area contributed by atoms with Gasteiger partial charge in [-0.25, -0.2) is 0 Å². The van der Waals surface area contributed by atoms with Crippen molar-refractivity contribution in [2.24, 2.45) is 0 Å². The highest BCUT2D eigenvalue weighted by Gasteiger charge is 2.52. The highest BCUT2D eigenvalue weighted by atomic mass is 16.7. The molecule has 0 radical (unpaired) electrons. The zero-order chi connectivity index (χ0) is 13.6. The van der Waals surface area contributed by atoms with Crippen molar-refractivity contribution in [3.05, 3.63) is 18.5 Å². The molecule has 2 heterocycles. The fraction of sp³-hybridized carbons (Fsp3) is 0.615. The minimum absolute atomic E-state index is 0.315. The van der Waals surface area contributed by atoms with E-state index in [-0.39, 0.29) is 18.3 Å². The van der Waals surface area contributed by atoms with Gasteiger partial charge in [0, 0.05) is 32.0 Å². The lowest BCUT2D eigenvalue weighted by atomic mass is 9.78. The zero-order valence-corrected chi connectivity index (χ0v) is 12.0. The third-order valence-electron chi connectivity index (χ3n) is 3.82. The summed E-state index contributed by atoms with van der Waals surface area (Å²) >= 11 is 0. The number of pyridine rings is 1. The number of hydrogen-bond acceptors (Lipinski definition) is 4. The molecule has 0 N–H and O–H groups in total. The topological polar surface area (TPSA) is 34.6 Å². The van der Waals surface area contributed by atoms with Gasteiger partial charge in [-0.3, -0.25) is 4.98 Å². The lowest BCUT2D eigenvalue weighted by Gasteiger charge is -2.32. The van der Waals surface area contributed by atoms with Crippen molar-refractivity contribution in [1.29, 1.82) is 0 Å². The second-order valence-electron chi connectivity index (χ2n) is 5.92. The van der Waals surface area contributed by atoms with E-state index in [1.54, 1.807) is 6.20 Å². The van der Waals surface area contributed by atoms with Crippen LogP contribution in [0.2, 0.25) is 0 Å². The quantitative estimate of drug-likeness (QED) is 0.742. The normalized spacial score (nSPS) is 21.1. The molecule has 1 fully saturated rings. The summed E-state index contributed by atoms with van der Waals surface area (Å²) in [5.74, 6) is 0. The second-order valence-corrected chi connectivity index (χ2v) is 5.92. The van der Waals surface area contributed by atoms with Crippen LogP contribution in [-0.2, 0) is 9.31 Å². The van der Waals surface area contributed by atoms with Crippen LogP contribution in [0, 0.1) is 0 Å². The Bertz CT molecular complexity index is 430. The summed E-state index contributed by atoms with van der Waals surface area (Å²) in [5.41, 5.74) is 1.42. The molecule has 0 amide bonds. The van der Waals surface area contributed by atoms with Gasteiger partial charge in [0.2, 0.25) is 0 Å². The maximum absolute atomic E-state index is 6.06. The van der Waals surface area contributed by atoms with Gasteiger partial charge in [-0.15, -0.1) is 0 Å². The monoisotopic (exact) mass is 248 g/mol. The first kappa shape index (κ1) is 13.4. The van der Waals surface area contributed by atoms with Crippen LogP contribution in [0.1, 0.15) is 27.7 Å². The largest absolute Gasteiger partial charge is 0.497 e. The summed E-state index contributed by atoms with van der Waals surface area (Å²) in [5, 5.41) is 0. The third-order valence-corrected chi connectivity index (χ3v) is 3.82. The van der Waals surface area contributed by atoms with E-state index in [0.29, 0.717) is 0 Å².